The van der Waals surface area contributed by atoms with Crippen molar-refractivity contribution in [2.75, 3.05) is 20.3 Å². The fraction of sp³-hybridized carbons (Fsp3) is 0.731. The third-order valence-corrected chi connectivity index (χ3v) is 11.4. The highest BCUT2D eigenvalue weighted by atomic mass is 31.2. The lowest BCUT2D eigenvalue weighted by molar-refractivity contribution is -0.161. The summed E-state index contributed by atoms with van der Waals surface area (Å²) >= 11 is 0. The van der Waals surface area contributed by atoms with Crippen LogP contribution in [-0.4, -0.2) is 43.3 Å². The molecule has 0 aromatic rings. The van der Waals surface area contributed by atoms with E-state index >= 15 is 0 Å². The second kappa shape index (κ2) is 47.0. The van der Waals surface area contributed by atoms with Crippen molar-refractivity contribution < 1.29 is 37.6 Å². The minimum atomic E-state index is -4.27. The van der Waals surface area contributed by atoms with Crippen molar-refractivity contribution in [1.29, 1.82) is 0 Å². The molecule has 0 spiro atoms. The SMILES string of the molecule is CC/C=C\C/C=C\C/C=C\C/C=C\CCCCCCCCCCC(=O)OC(COC(=O)CCCCCCCCCCC/C=C\C/C=C\CCCCCCC)COP(=O)(O)OC. The van der Waals surface area contributed by atoms with Crippen molar-refractivity contribution in [2.24, 2.45) is 0 Å². The molecule has 0 aliphatic carbocycles. The molecule has 9 heteroatoms. The number of unbranched alkanes of at least 4 members (excludes halogenated alkanes) is 22. The van der Waals surface area contributed by atoms with E-state index in [1.54, 1.807) is 0 Å². The molecular formula is C52H91O8P. The second-order valence-electron chi connectivity index (χ2n) is 16.2. The molecule has 8 nitrogen and oxygen atoms in total. The number of hydrogen-bond donors (Lipinski definition) is 1. The van der Waals surface area contributed by atoms with Crippen LogP contribution < -0.4 is 0 Å². The Morgan fingerprint density at radius 2 is 0.836 bits per heavy atom. The van der Waals surface area contributed by atoms with E-state index in [-0.39, 0.29) is 25.4 Å². The quantitative estimate of drug-likeness (QED) is 0.0279. The lowest BCUT2D eigenvalue weighted by Crippen LogP contribution is -2.29. The monoisotopic (exact) mass is 875 g/mol. The lowest BCUT2D eigenvalue weighted by Gasteiger charge is -2.19. The van der Waals surface area contributed by atoms with Gasteiger partial charge in [0, 0.05) is 20.0 Å². The summed E-state index contributed by atoms with van der Waals surface area (Å²) in [5.74, 6) is -0.817. The summed E-state index contributed by atoms with van der Waals surface area (Å²) in [6.07, 6.45) is 61.0. The summed E-state index contributed by atoms with van der Waals surface area (Å²) in [6.45, 7) is 3.77. The summed E-state index contributed by atoms with van der Waals surface area (Å²) < 4.78 is 32.1. The number of allylic oxidation sites excluding steroid dienone is 12. The Morgan fingerprint density at radius 3 is 1.25 bits per heavy atom. The minimum absolute atomic E-state index is 0.231. The number of carbonyl (C=O) groups is 2. The Kier molecular flexibility index (Phi) is 45.0. The normalized spacial score (nSPS) is 13.8. The highest BCUT2D eigenvalue weighted by Crippen LogP contribution is 2.42. The Hall–Kier alpha value is -2.51. The van der Waals surface area contributed by atoms with Crippen LogP contribution in [0.1, 0.15) is 219 Å². The molecule has 61 heavy (non-hydrogen) atoms. The van der Waals surface area contributed by atoms with Crippen LogP contribution >= 0.6 is 7.82 Å². The van der Waals surface area contributed by atoms with Gasteiger partial charge in [-0.2, -0.15) is 0 Å². The van der Waals surface area contributed by atoms with Crippen LogP contribution in [0.2, 0.25) is 0 Å². The lowest BCUT2D eigenvalue weighted by atomic mass is 10.1. The van der Waals surface area contributed by atoms with Crippen LogP contribution in [0.5, 0.6) is 0 Å². The summed E-state index contributed by atoms with van der Waals surface area (Å²) in [5.41, 5.74) is 0. The summed E-state index contributed by atoms with van der Waals surface area (Å²) in [5, 5.41) is 0. The first-order valence-corrected chi connectivity index (χ1v) is 26.1. The molecule has 2 atom stereocenters. The van der Waals surface area contributed by atoms with Gasteiger partial charge in [0.1, 0.15) is 6.61 Å². The van der Waals surface area contributed by atoms with E-state index in [0.29, 0.717) is 6.42 Å². The predicted molar refractivity (Wildman–Crippen MR) is 258 cm³/mol. The Bertz CT molecular complexity index is 1220. The third-order valence-electron chi connectivity index (χ3n) is 10.4. The largest absolute Gasteiger partial charge is 0.472 e. The Morgan fingerprint density at radius 1 is 0.475 bits per heavy atom. The average Bonchev–Trinajstić information content (AvgIpc) is 3.25. The molecule has 0 bridgehead atoms. The van der Waals surface area contributed by atoms with Crippen LogP contribution in [0.4, 0.5) is 0 Å². The van der Waals surface area contributed by atoms with Gasteiger partial charge in [0.05, 0.1) is 6.61 Å². The number of hydrogen-bond acceptors (Lipinski definition) is 7. The van der Waals surface area contributed by atoms with Crippen molar-refractivity contribution in [2.45, 2.75) is 225 Å². The molecule has 2 unspecified atom stereocenters. The van der Waals surface area contributed by atoms with Crippen molar-refractivity contribution in [1.82, 2.24) is 0 Å². The van der Waals surface area contributed by atoms with Crippen molar-refractivity contribution in [3.8, 4) is 0 Å². The molecule has 0 amide bonds. The summed E-state index contributed by atoms with van der Waals surface area (Å²) in [6, 6.07) is 0. The van der Waals surface area contributed by atoms with E-state index in [2.05, 4.69) is 91.3 Å². The van der Waals surface area contributed by atoms with Gasteiger partial charge >= 0.3 is 19.8 Å². The van der Waals surface area contributed by atoms with E-state index in [0.717, 1.165) is 84.2 Å². The maximum absolute atomic E-state index is 12.6. The summed E-state index contributed by atoms with van der Waals surface area (Å²) in [7, 11) is -3.21. The van der Waals surface area contributed by atoms with E-state index < -0.39 is 26.5 Å². The Labute approximate surface area is 374 Å². The van der Waals surface area contributed by atoms with Crippen molar-refractivity contribution in [3.05, 3.63) is 72.9 Å². The number of esters is 2. The maximum atomic E-state index is 12.6. The highest BCUT2D eigenvalue weighted by Gasteiger charge is 2.24. The molecule has 0 saturated heterocycles. The molecular weight excluding hydrogens is 784 g/mol. The van der Waals surface area contributed by atoms with Crippen LogP contribution in [0.3, 0.4) is 0 Å². The highest BCUT2D eigenvalue weighted by molar-refractivity contribution is 7.47. The van der Waals surface area contributed by atoms with E-state index in [4.69, 9.17) is 14.0 Å². The molecule has 0 aliphatic heterocycles. The summed E-state index contributed by atoms with van der Waals surface area (Å²) in [4.78, 5) is 34.6. The van der Waals surface area contributed by atoms with Gasteiger partial charge in [-0.3, -0.25) is 18.6 Å². The maximum Gasteiger partial charge on any atom is 0.472 e. The smallest absolute Gasteiger partial charge is 0.462 e. The molecule has 0 aromatic heterocycles. The molecule has 0 radical (unpaired) electrons. The van der Waals surface area contributed by atoms with Gasteiger partial charge in [0.15, 0.2) is 6.10 Å². The topological polar surface area (TPSA) is 108 Å². The van der Waals surface area contributed by atoms with Gasteiger partial charge in [-0.05, 0) is 83.5 Å². The first kappa shape index (κ1) is 58.5. The number of phosphoric acid groups is 1. The average molecular weight is 875 g/mol. The van der Waals surface area contributed by atoms with Gasteiger partial charge in [0.2, 0.25) is 0 Å². The zero-order valence-electron chi connectivity index (χ0n) is 39.3. The first-order valence-electron chi connectivity index (χ1n) is 24.6. The molecule has 0 saturated carbocycles. The standard InChI is InChI=1S/C52H91O8P/c1-4-6-8-10-12-14-16-18-20-22-24-26-28-30-32-34-36-38-40-42-44-46-51(53)58-48-50(49-59-61(55,56)57-3)60-52(54)47-45-43-41-39-37-35-33-31-29-27-25-23-21-19-17-15-13-11-9-7-5-2/h7,9,13,15-16,18-19,21-22,24-25,27,50H,4-6,8,10-12,14,17,20,23,26,28-49H2,1-3H3,(H,55,56)/b9-7-,15-13-,18-16-,21-19-,24-22-,27-25-. The van der Waals surface area contributed by atoms with Gasteiger partial charge in [-0.1, -0.05) is 196 Å². The Balaban J connectivity index is 3.96. The van der Waals surface area contributed by atoms with Crippen molar-refractivity contribution in [3.63, 3.8) is 0 Å². The molecule has 0 heterocycles. The van der Waals surface area contributed by atoms with Crippen molar-refractivity contribution >= 4 is 19.8 Å². The molecule has 0 fully saturated rings. The molecule has 0 aromatic carbocycles. The molecule has 0 rings (SSSR count). The molecule has 1 N–H and O–H groups in total. The van der Waals surface area contributed by atoms with E-state index in [1.807, 2.05) is 0 Å². The van der Waals surface area contributed by atoms with E-state index in [1.165, 1.54) is 109 Å². The third kappa shape index (κ3) is 46.8. The van der Waals surface area contributed by atoms with Gasteiger partial charge in [0.25, 0.3) is 0 Å². The van der Waals surface area contributed by atoms with Gasteiger partial charge in [-0.25, -0.2) is 4.57 Å². The fourth-order valence-corrected chi connectivity index (χ4v) is 7.14. The van der Waals surface area contributed by atoms with Crippen LogP contribution in [-0.2, 0) is 32.7 Å². The number of rotatable bonds is 45. The van der Waals surface area contributed by atoms with Crippen LogP contribution in [0.15, 0.2) is 72.9 Å². The fourth-order valence-electron chi connectivity index (χ4n) is 6.68. The predicted octanol–water partition coefficient (Wildman–Crippen LogP) is 16.1. The number of phosphoric ester groups is 1. The number of carbonyl (C=O) groups excluding carboxylic acids is 2. The molecule has 0 aliphatic rings. The minimum Gasteiger partial charge on any atom is -0.462 e. The number of ether oxygens (including phenoxy) is 2. The van der Waals surface area contributed by atoms with Crippen LogP contribution in [0, 0.1) is 0 Å². The van der Waals surface area contributed by atoms with Gasteiger partial charge in [-0.15, -0.1) is 0 Å². The van der Waals surface area contributed by atoms with E-state index in [9.17, 15) is 19.0 Å². The zero-order valence-corrected chi connectivity index (χ0v) is 40.2. The zero-order chi connectivity index (χ0) is 44.6. The first-order chi connectivity index (χ1) is 29.8. The molecule has 352 valence electrons. The second-order valence-corrected chi connectivity index (χ2v) is 17.8. The van der Waals surface area contributed by atoms with Crippen LogP contribution in [0.25, 0.3) is 0 Å². The van der Waals surface area contributed by atoms with Gasteiger partial charge < -0.3 is 14.4 Å².